The number of aryl methyl sites for hydroxylation is 1. The fraction of sp³-hybridized carbons (Fsp3) is 0.238. The highest BCUT2D eigenvalue weighted by molar-refractivity contribution is 5.95. The molecule has 0 bridgehead atoms. The van der Waals surface area contributed by atoms with Crippen molar-refractivity contribution in [1.29, 1.82) is 0 Å². The standard InChI is InChI=1S/C21H23N3O4/c1-4-17(21(25)23-20-13-14(2)28-24-20)22-15-9-11-16(12-10-15)27-19-8-6-5-7-18(19)26-3/h5-13,17,22H,4H2,1-3H3,(H,23,24,25). The van der Waals surface area contributed by atoms with Gasteiger partial charge in [0.25, 0.3) is 0 Å². The van der Waals surface area contributed by atoms with Crippen molar-refractivity contribution in [3.05, 3.63) is 60.4 Å². The Bertz CT molecular complexity index is 921. The maximum atomic E-state index is 12.4. The van der Waals surface area contributed by atoms with Gasteiger partial charge in [0.2, 0.25) is 5.91 Å². The molecule has 3 rings (SSSR count). The Morgan fingerprint density at radius 2 is 1.86 bits per heavy atom. The van der Waals surface area contributed by atoms with Crippen LogP contribution in [-0.4, -0.2) is 24.2 Å². The van der Waals surface area contributed by atoms with Crippen LogP contribution in [0.15, 0.2) is 59.1 Å². The van der Waals surface area contributed by atoms with E-state index in [-0.39, 0.29) is 5.91 Å². The SMILES string of the molecule is CCC(Nc1ccc(Oc2ccccc2OC)cc1)C(=O)Nc1cc(C)on1. The molecule has 2 N–H and O–H groups in total. The van der Waals surface area contributed by atoms with Gasteiger partial charge in [0.15, 0.2) is 17.3 Å². The summed E-state index contributed by atoms with van der Waals surface area (Å²) in [5.74, 6) is 2.84. The van der Waals surface area contributed by atoms with E-state index in [2.05, 4.69) is 15.8 Å². The molecule has 7 nitrogen and oxygen atoms in total. The summed E-state index contributed by atoms with van der Waals surface area (Å²) in [7, 11) is 1.60. The number of anilines is 2. The van der Waals surface area contributed by atoms with Crippen LogP contribution >= 0.6 is 0 Å². The van der Waals surface area contributed by atoms with Crippen LogP contribution < -0.4 is 20.1 Å². The molecule has 3 aromatic rings. The van der Waals surface area contributed by atoms with E-state index in [1.54, 1.807) is 20.1 Å². The van der Waals surface area contributed by atoms with Gasteiger partial charge >= 0.3 is 0 Å². The lowest BCUT2D eigenvalue weighted by Gasteiger charge is -2.17. The summed E-state index contributed by atoms with van der Waals surface area (Å²) in [5, 5.41) is 9.75. The van der Waals surface area contributed by atoms with Crippen molar-refractivity contribution in [2.45, 2.75) is 26.3 Å². The molecule has 28 heavy (non-hydrogen) atoms. The van der Waals surface area contributed by atoms with E-state index in [9.17, 15) is 4.79 Å². The summed E-state index contributed by atoms with van der Waals surface area (Å²) < 4.78 is 16.1. The molecule has 146 valence electrons. The van der Waals surface area contributed by atoms with Gasteiger partial charge in [-0.05, 0) is 49.7 Å². The van der Waals surface area contributed by atoms with Crippen LogP contribution in [-0.2, 0) is 4.79 Å². The first-order valence-corrected chi connectivity index (χ1v) is 9.00. The molecule has 1 heterocycles. The lowest BCUT2D eigenvalue weighted by molar-refractivity contribution is -0.117. The molecule has 0 aliphatic rings. The van der Waals surface area contributed by atoms with Crippen LogP contribution in [0.2, 0.25) is 0 Å². The summed E-state index contributed by atoms with van der Waals surface area (Å²) >= 11 is 0. The van der Waals surface area contributed by atoms with Crippen molar-refractivity contribution in [3.63, 3.8) is 0 Å². The number of hydrogen-bond acceptors (Lipinski definition) is 6. The molecule has 1 aromatic heterocycles. The lowest BCUT2D eigenvalue weighted by atomic mass is 10.2. The van der Waals surface area contributed by atoms with Gasteiger partial charge in [0.05, 0.1) is 7.11 Å². The van der Waals surface area contributed by atoms with Crippen molar-refractivity contribution >= 4 is 17.4 Å². The minimum absolute atomic E-state index is 0.176. The minimum atomic E-state index is -0.405. The molecule has 0 radical (unpaired) electrons. The van der Waals surface area contributed by atoms with E-state index < -0.39 is 6.04 Å². The number of ether oxygens (including phenoxy) is 2. The minimum Gasteiger partial charge on any atom is -0.493 e. The topological polar surface area (TPSA) is 85.6 Å². The molecule has 0 saturated heterocycles. The van der Waals surface area contributed by atoms with Gasteiger partial charge in [-0.1, -0.05) is 24.2 Å². The van der Waals surface area contributed by atoms with E-state index in [0.717, 1.165) is 5.69 Å². The second kappa shape index (κ2) is 8.94. The maximum absolute atomic E-state index is 12.4. The monoisotopic (exact) mass is 381 g/mol. The van der Waals surface area contributed by atoms with Crippen LogP contribution in [0.1, 0.15) is 19.1 Å². The molecule has 0 aliphatic heterocycles. The third kappa shape index (κ3) is 4.82. The molecule has 2 aromatic carbocycles. The normalized spacial score (nSPS) is 11.5. The highest BCUT2D eigenvalue weighted by Crippen LogP contribution is 2.31. The number of hydrogen-bond donors (Lipinski definition) is 2. The van der Waals surface area contributed by atoms with Gasteiger partial charge < -0.3 is 24.6 Å². The first-order valence-electron chi connectivity index (χ1n) is 9.00. The zero-order valence-corrected chi connectivity index (χ0v) is 16.1. The number of nitrogens with zero attached hydrogens (tertiary/aromatic N) is 1. The molecule has 1 amide bonds. The van der Waals surface area contributed by atoms with E-state index in [1.165, 1.54) is 0 Å². The number of benzene rings is 2. The first kappa shape index (κ1) is 19.3. The van der Waals surface area contributed by atoms with Crippen LogP contribution in [0, 0.1) is 6.92 Å². The van der Waals surface area contributed by atoms with E-state index in [4.69, 9.17) is 14.0 Å². The van der Waals surface area contributed by atoms with E-state index >= 15 is 0 Å². The molecular weight excluding hydrogens is 358 g/mol. The number of amides is 1. The van der Waals surface area contributed by atoms with Crippen molar-refractivity contribution in [1.82, 2.24) is 5.16 Å². The fourth-order valence-electron chi connectivity index (χ4n) is 2.64. The largest absolute Gasteiger partial charge is 0.493 e. The quantitative estimate of drug-likeness (QED) is 0.592. The second-order valence-corrected chi connectivity index (χ2v) is 6.19. The van der Waals surface area contributed by atoms with Crippen LogP contribution in [0.4, 0.5) is 11.5 Å². The Labute approximate surface area is 163 Å². The summed E-state index contributed by atoms with van der Waals surface area (Å²) in [6.45, 7) is 3.71. The Kier molecular flexibility index (Phi) is 6.16. The summed E-state index contributed by atoms with van der Waals surface area (Å²) in [6, 6.07) is 16.1. The molecule has 0 aliphatic carbocycles. The Hall–Kier alpha value is -3.48. The van der Waals surface area contributed by atoms with Gasteiger partial charge in [0, 0.05) is 11.8 Å². The predicted octanol–water partition coefficient (Wildman–Crippen LogP) is 4.61. The number of rotatable bonds is 8. The van der Waals surface area contributed by atoms with Crippen molar-refractivity contribution in [2.75, 3.05) is 17.7 Å². The molecule has 0 fully saturated rings. The molecule has 7 heteroatoms. The molecule has 0 saturated carbocycles. The predicted molar refractivity (Wildman–Crippen MR) is 107 cm³/mol. The number of nitrogens with one attached hydrogen (secondary N) is 2. The van der Waals surface area contributed by atoms with Crippen LogP contribution in [0.25, 0.3) is 0 Å². The number of para-hydroxylation sites is 2. The number of methoxy groups -OCH3 is 1. The molecule has 1 unspecified atom stereocenters. The van der Waals surface area contributed by atoms with Crippen molar-refractivity contribution < 1.29 is 18.8 Å². The van der Waals surface area contributed by atoms with E-state index in [0.29, 0.717) is 35.2 Å². The van der Waals surface area contributed by atoms with Crippen LogP contribution in [0.5, 0.6) is 17.2 Å². The molecule has 0 spiro atoms. The third-order valence-electron chi connectivity index (χ3n) is 4.10. The highest BCUT2D eigenvalue weighted by Gasteiger charge is 2.17. The Balaban J connectivity index is 1.62. The average Bonchev–Trinajstić information content (AvgIpc) is 3.12. The first-order chi connectivity index (χ1) is 13.6. The van der Waals surface area contributed by atoms with E-state index in [1.807, 2.05) is 55.5 Å². The fourth-order valence-corrected chi connectivity index (χ4v) is 2.64. The summed E-state index contributed by atoms with van der Waals surface area (Å²) in [4.78, 5) is 12.4. The highest BCUT2D eigenvalue weighted by atomic mass is 16.5. The van der Waals surface area contributed by atoms with Crippen LogP contribution in [0.3, 0.4) is 0 Å². The van der Waals surface area contributed by atoms with Gasteiger partial charge in [-0.3, -0.25) is 4.79 Å². The molecule has 1 atom stereocenters. The number of carbonyl (C=O) groups excluding carboxylic acids is 1. The van der Waals surface area contributed by atoms with Crippen molar-refractivity contribution in [3.8, 4) is 17.2 Å². The zero-order valence-electron chi connectivity index (χ0n) is 16.1. The van der Waals surface area contributed by atoms with Crippen molar-refractivity contribution in [2.24, 2.45) is 0 Å². The lowest BCUT2D eigenvalue weighted by Crippen LogP contribution is -2.34. The second-order valence-electron chi connectivity index (χ2n) is 6.19. The summed E-state index contributed by atoms with van der Waals surface area (Å²) in [5.41, 5.74) is 0.811. The van der Waals surface area contributed by atoms with Gasteiger partial charge in [-0.15, -0.1) is 0 Å². The third-order valence-corrected chi connectivity index (χ3v) is 4.10. The zero-order chi connectivity index (χ0) is 19.9. The van der Waals surface area contributed by atoms with Gasteiger partial charge in [-0.25, -0.2) is 0 Å². The maximum Gasteiger partial charge on any atom is 0.248 e. The average molecular weight is 381 g/mol. The summed E-state index contributed by atoms with van der Waals surface area (Å²) in [6.07, 6.45) is 0.613. The smallest absolute Gasteiger partial charge is 0.248 e. The Morgan fingerprint density at radius 1 is 1.14 bits per heavy atom. The number of carbonyl (C=O) groups is 1. The number of aromatic nitrogens is 1. The Morgan fingerprint density at radius 3 is 2.46 bits per heavy atom. The van der Waals surface area contributed by atoms with Gasteiger partial charge in [-0.2, -0.15) is 0 Å². The molecular formula is C21H23N3O4. The van der Waals surface area contributed by atoms with Gasteiger partial charge in [0.1, 0.15) is 17.6 Å².